The summed E-state index contributed by atoms with van der Waals surface area (Å²) in [6, 6.07) is 19.7. The highest BCUT2D eigenvalue weighted by atomic mass is 19.1. The van der Waals surface area contributed by atoms with Crippen LogP contribution in [0.5, 0.6) is 0 Å². The number of rotatable bonds is 12. The molecule has 1 unspecified atom stereocenters. The average molecular weight is 664 g/mol. The number of anilines is 4. The molecular formula is C34H34FN11O3. The molecule has 6 rings (SSSR count). The number of carbonyl (C=O) groups is 2. The molecule has 1 amide bonds. The van der Waals surface area contributed by atoms with Crippen molar-refractivity contribution in [3.8, 4) is 6.07 Å². The van der Waals surface area contributed by atoms with Gasteiger partial charge in [0.25, 0.3) is 0 Å². The minimum Gasteiger partial charge on any atom is -0.480 e. The Morgan fingerprint density at radius 1 is 0.959 bits per heavy atom. The molecule has 2 aromatic heterocycles. The molecule has 1 saturated heterocycles. The monoisotopic (exact) mass is 663 g/mol. The number of nitrogens with zero attached hydrogens (tertiary/aromatic N) is 7. The molecule has 14 nitrogen and oxygen atoms in total. The highest BCUT2D eigenvalue weighted by Gasteiger charge is 2.21. The van der Waals surface area contributed by atoms with Gasteiger partial charge < -0.3 is 30.9 Å². The molecule has 1 fully saturated rings. The third kappa shape index (κ3) is 8.62. The van der Waals surface area contributed by atoms with E-state index in [0.717, 1.165) is 24.3 Å². The molecule has 0 bridgehead atoms. The number of imidazole rings is 1. The maximum atomic E-state index is 13.7. The Morgan fingerprint density at radius 2 is 1.71 bits per heavy atom. The summed E-state index contributed by atoms with van der Waals surface area (Å²) in [7, 11) is 0. The van der Waals surface area contributed by atoms with Crippen LogP contribution in [0.15, 0.2) is 66.7 Å². The second kappa shape index (κ2) is 14.7. The maximum Gasteiger partial charge on any atom is 0.326 e. The predicted octanol–water partition coefficient (Wildman–Crippen LogP) is 3.89. The zero-order valence-electron chi connectivity index (χ0n) is 26.7. The number of hydrogen-bond donors (Lipinski definition) is 5. The minimum atomic E-state index is -1.11. The van der Waals surface area contributed by atoms with Gasteiger partial charge in [-0.05, 0) is 47.5 Å². The lowest BCUT2D eigenvalue weighted by Crippen LogP contribution is -2.47. The summed E-state index contributed by atoms with van der Waals surface area (Å²) in [5, 5.41) is 28.4. The zero-order valence-corrected chi connectivity index (χ0v) is 26.7. The van der Waals surface area contributed by atoms with E-state index in [0.29, 0.717) is 47.6 Å². The van der Waals surface area contributed by atoms with Crippen molar-refractivity contribution in [2.24, 2.45) is 0 Å². The summed E-state index contributed by atoms with van der Waals surface area (Å²) < 4.78 is 13.7. The molecule has 0 saturated carbocycles. The Bertz CT molecular complexity index is 2000. The largest absolute Gasteiger partial charge is 0.480 e. The zero-order chi connectivity index (χ0) is 34.3. The third-order valence-electron chi connectivity index (χ3n) is 8.07. The number of carbonyl (C=O) groups excluding carboxylic acids is 1. The highest BCUT2D eigenvalue weighted by Crippen LogP contribution is 2.21. The standard InChI is InChI=1S/C34H34FN11O3/c1-21(47)46-13-11-45(12-14-46)20-24-3-2-4-26(15-24)38-33-42-32(37-19-30-39-27-10-9-25(35)17-28(27)40-30)43-34(44-33)41-29(31(48)49)16-22-5-7-23(18-36)8-6-22/h2-10,15,17,29H,11-14,16,19-20H2,1H3,(H,39,40)(H,48,49)(H3,37,38,41,42,43,44). The number of carboxylic acid groups (broad SMARTS) is 1. The molecule has 15 heteroatoms. The van der Waals surface area contributed by atoms with Crippen molar-refractivity contribution in [1.29, 1.82) is 5.26 Å². The van der Waals surface area contributed by atoms with E-state index in [1.165, 1.54) is 12.1 Å². The number of nitrogens with one attached hydrogen (secondary N) is 4. The van der Waals surface area contributed by atoms with Gasteiger partial charge in [-0.25, -0.2) is 14.2 Å². The number of H-pyrrole nitrogens is 1. The first-order valence-electron chi connectivity index (χ1n) is 15.7. The lowest BCUT2D eigenvalue weighted by molar-refractivity contribution is -0.138. The number of benzene rings is 3. The molecule has 1 aliphatic heterocycles. The van der Waals surface area contributed by atoms with E-state index >= 15 is 0 Å². The Hall–Kier alpha value is -6.14. The van der Waals surface area contributed by atoms with Crippen molar-refractivity contribution in [2.75, 3.05) is 42.1 Å². The number of aromatic nitrogens is 5. The van der Waals surface area contributed by atoms with Crippen LogP contribution >= 0.6 is 0 Å². The Balaban J connectivity index is 1.21. The summed E-state index contributed by atoms with van der Waals surface area (Å²) >= 11 is 0. The van der Waals surface area contributed by atoms with E-state index < -0.39 is 17.8 Å². The van der Waals surface area contributed by atoms with Crippen LogP contribution in [-0.4, -0.2) is 83.9 Å². The van der Waals surface area contributed by atoms with Crippen molar-refractivity contribution < 1.29 is 19.1 Å². The molecule has 250 valence electrons. The van der Waals surface area contributed by atoms with Crippen LogP contribution in [0.1, 0.15) is 29.4 Å². The molecule has 0 spiro atoms. The average Bonchev–Trinajstić information content (AvgIpc) is 3.50. The maximum absolute atomic E-state index is 13.7. The Labute approximate surface area is 281 Å². The quantitative estimate of drug-likeness (QED) is 0.130. The number of aliphatic carboxylic acids is 1. The van der Waals surface area contributed by atoms with E-state index in [9.17, 15) is 19.1 Å². The lowest BCUT2D eigenvalue weighted by Gasteiger charge is -2.34. The van der Waals surface area contributed by atoms with Crippen LogP contribution in [0.3, 0.4) is 0 Å². The van der Waals surface area contributed by atoms with E-state index in [2.05, 4.69) is 51.8 Å². The molecule has 0 aliphatic carbocycles. The summed E-state index contributed by atoms with van der Waals surface area (Å²) in [6.45, 7) is 5.40. The predicted molar refractivity (Wildman–Crippen MR) is 180 cm³/mol. The molecule has 3 heterocycles. The third-order valence-corrected chi connectivity index (χ3v) is 8.07. The van der Waals surface area contributed by atoms with Crippen molar-refractivity contribution in [2.45, 2.75) is 32.5 Å². The fraction of sp³-hybridized carbons (Fsp3) is 0.265. The number of halogens is 1. The topological polar surface area (TPSA) is 188 Å². The van der Waals surface area contributed by atoms with Gasteiger partial charge in [-0.2, -0.15) is 20.2 Å². The van der Waals surface area contributed by atoms with E-state index in [4.69, 9.17) is 5.26 Å². The van der Waals surface area contributed by atoms with Gasteiger partial charge in [-0.3, -0.25) is 9.69 Å². The molecule has 3 aromatic carbocycles. The van der Waals surface area contributed by atoms with Gasteiger partial charge in [0.2, 0.25) is 23.8 Å². The molecule has 5 N–H and O–H groups in total. The number of hydrogen-bond acceptors (Lipinski definition) is 11. The molecule has 5 aromatic rings. The summed E-state index contributed by atoms with van der Waals surface area (Å²) in [6.07, 6.45) is 0.108. The van der Waals surface area contributed by atoms with Crippen LogP contribution in [0, 0.1) is 17.1 Å². The van der Waals surface area contributed by atoms with E-state index in [1.807, 2.05) is 29.2 Å². The van der Waals surface area contributed by atoms with E-state index in [-0.39, 0.29) is 36.7 Å². The molecule has 0 radical (unpaired) electrons. The number of aromatic amines is 1. The lowest BCUT2D eigenvalue weighted by atomic mass is 10.0. The van der Waals surface area contributed by atoms with Crippen LogP contribution in [0.4, 0.5) is 27.9 Å². The van der Waals surface area contributed by atoms with Gasteiger partial charge >= 0.3 is 5.97 Å². The van der Waals surface area contributed by atoms with E-state index in [1.54, 1.807) is 37.3 Å². The molecule has 1 aliphatic rings. The summed E-state index contributed by atoms with van der Waals surface area (Å²) in [5.74, 6) is -0.563. The van der Waals surface area contributed by atoms with Crippen molar-refractivity contribution in [3.63, 3.8) is 0 Å². The van der Waals surface area contributed by atoms with Gasteiger partial charge in [0, 0.05) is 57.8 Å². The normalized spacial score (nSPS) is 13.9. The first-order chi connectivity index (χ1) is 23.7. The summed E-state index contributed by atoms with van der Waals surface area (Å²) in [5.41, 5.74) is 4.11. The van der Waals surface area contributed by atoms with Gasteiger partial charge in [0.1, 0.15) is 17.7 Å². The van der Waals surface area contributed by atoms with Crippen LogP contribution in [0.25, 0.3) is 11.0 Å². The second-order valence-corrected chi connectivity index (χ2v) is 11.7. The highest BCUT2D eigenvalue weighted by molar-refractivity contribution is 5.77. The smallest absolute Gasteiger partial charge is 0.326 e. The van der Waals surface area contributed by atoms with Crippen LogP contribution in [-0.2, 0) is 29.1 Å². The van der Waals surface area contributed by atoms with Gasteiger partial charge in [-0.1, -0.05) is 24.3 Å². The number of piperazine rings is 1. The molecular weight excluding hydrogens is 629 g/mol. The Morgan fingerprint density at radius 3 is 2.45 bits per heavy atom. The van der Waals surface area contributed by atoms with Crippen LogP contribution < -0.4 is 16.0 Å². The number of nitriles is 1. The first-order valence-corrected chi connectivity index (χ1v) is 15.7. The SMILES string of the molecule is CC(=O)N1CCN(Cc2cccc(Nc3nc(NCc4nc5cc(F)ccc5[nH]4)nc(NC(Cc4ccc(C#N)cc4)C(=O)O)n3)c2)CC1. The van der Waals surface area contributed by atoms with Gasteiger partial charge in [0.05, 0.1) is 29.2 Å². The first kappa shape index (κ1) is 32.8. The van der Waals surface area contributed by atoms with Gasteiger partial charge in [0.15, 0.2) is 0 Å². The summed E-state index contributed by atoms with van der Waals surface area (Å²) in [4.78, 5) is 49.1. The molecule has 1 atom stereocenters. The second-order valence-electron chi connectivity index (χ2n) is 11.7. The number of amides is 1. The Kier molecular flexibility index (Phi) is 9.86. The van der Waals surface area contributed by atoms with Crippen molar-refractivity contribution >= 4 is 46.4 Å². The number of fused-ring (bicyclic) bond motifs is 1. The molecule has 49 heavy (non-hydrogen) atoms. The van der Waals surface area contributed by atoms with Crippen LogP contribution in [0.2, 0.25) is 0 Å². The number of carboxylic acids is 1. The van der Waals surface area contributed by atoms with Crippen molar-refractivity contribution in [1.82, 2.24) is 34.7 Å². The fourth-order valence-electron chi connectivity index (χ4n) is 5.52. The van der Waals surface area contributed by atoms with Gasteiger partial charge in [-0.15, -0.1) is 0 Å². The fourth-order valence-corrected chi connectivity index (χ4v) is 5.52. The van der Waals surface area contributed by atoms with Crippen molar-refractivity contribution in [3.05, 3.63) is 95.1 Å². The minimum absolute atomic E-state index is 0.0206.